The van der Waals surface area contributed by atoms with Gasteiger partial charge < -0.3 is 10.2 Å². The molecule has 0 radical (unpaired) electrons. The fraction of sp³-hybridized carbons (Fsp3) is 0.500. The number of carboxylic acids is 1. The Morgan fingerprint density at radius 2 is 2.00 bits per heavy atom. The molecule has 2 N–H and O–H groups in total. The number of carboxylic acid groups (broad SMARTS) is 1. The van der Waals surface area contributed by atoms with Gasteiger partial charge in [0.2, 0.25) is 5.78 Å². The van der Waals surface area contributed by atoms with Crippen LogP contribution in [0.25, 0.3) is 0 Å². The number of aliphatic hydroxyl groups excluding tert-OH is 1. The molecule has 2 atom stereocenters. The van der Waals surface area contributed by atoms with E-state index in [9.17, 15) is 9.59 Å². The summed E-state index contributed by atoms with van der Waals surface area (Å²) in [7, 11) is 0. The van der Waals surface area contributed by atoms with Crippen molar-refractivity contribution in [2.45, 2.75) is 13.0 Å². The van der Waals surface area contributed by atoms with Crippen LogP contribution in [0.2, 0.25) is 0 Å². The minimum atomic E-state index is -1.63. The molecule has 11 heavy (non-hydrogen) atoms. The Balaban J connectivity index is 4.51. The number of aliphatic carboxylic acids is 1. The van der Waals surface area contributed by atoms with Crippen molar-refractivity contribution in [2.75, 3.05) is 0 Å². The molecule has 0 saturated carbocycles. The average molecular weight is 157 g/mol. The first-order valence-electron chi connectivity index (χ1n) is 2.85. The fourth-order valence-corrected chi connectivity index (χ4v) is 0.607. The molecule has 0 spiro atoms. The third-order valence-electron chi connectivity index (χ3n) is 1.14. The molecule has 2 unspecified atom stereocenters. The Hall–Kier alpha value is -1.41. The molecule has 0 aromatic heterocycles. The molecule has 0 heterocycles. The van der Waals surface area contributed by atoms with E-state index in [4.69, 9.17) is 15.5 Å². The third kappa shape index (κ3) is 2.35. The van der Waals surface area contributed by atoms with Gasteiger partial charge in [0.15, 0.2) is 5.92 Å². The minimum Gasteiger partial charge on any atom is -0.481 e. The topological polar surface area (TPSA) is 98.4 Å². The number of rotatable bonds is 3. The van der Waals surface area contributed by atoms with Gasteiger partial charge in [-0.25, -0.2) is 0 Å². The van der Waals surface area contributed by atoms with E-state index in [1.807, 2.05) is 0 Å². The van der Waals surface area contributed by atoms with Gasteiger partial charge in [-0.3, -0.25) is 9.59 Å². The largest absolute Gasteiger partial charge is 0.481 e. The first-order chi connectivity index (χ1) is 5.00. The average Bonchev–Trinajstić information content (AvgIpc) is 1.85. The second-order valence-electron chi connectivity index (χ2n) is 2.03. The molecule has 5 nitrogen and oxygen atoms in total. The number of hydrogen-bond acceptors (Lipinski definition) is 4. The van der Waals surface area contributed by atoms with E-state index in [0.29, 0.717) is 0 Å². The van der Waals surface area contributed by atoms with Crippen molar-refractivity contribution in [3.05, 3.63) is 0 Å². The highest BCUT2D eigenvalue weighted by Gasteiger charge is 2.30. The number of carbonyl (C=O) groups excluding carboxylic acids is 1. The zero-order chi connectivity index (χ0) is 9.02. The number of nitriles is 1. The van der Waals surface area contributed by atoms with Crippen LogP contribution in [0.1, 0.15) is 6.92 Å². The molecule has 0 saturated heterocycles. The van der Waals surface area contributed by atoms with E-state index in [1.54, 1.807) is 0 Å². The maximum absolute atomic E-state index is 10.5. The van der Waals surface area contributed by atoms with Crippen molar-refractivity contribution in [3.8, 4) is 6.07 Å². The Morgan fingerprint density at radius 3 is 2.09 bits per heavy atom. The summed E-state index contributed by atoms with van der Waals surface area (Å²) in [5, 5.41) is 25.1. The standard InChI is InChI=1S/C6H7NO4/c1-3(8)5(6(10)11)4(9)2-7/h3,5,8H,1H3,(H,10,11). The predicted molar refractivity (Wildman–Crippen MR) is 33.4 cm³/mol. The summed E-state index contributed by atoms with van der Waals surface area (Å²) in [6, 6.07) is 1.15. The van der Waals surface area contributed by atoms with Gasteiger partial charge in [0.05, 0.1) is 6.10 Å². The van der Waals surface area contributed by atoms with Gasteiger partial charge >= 0.3 is 5.97 Å². The number of carbonyl (C=O) groups is 2. The van der Waals surface area contributed by atoms with Gasteiger partial charge in [0.25, 0.3) is 0 Å². The van der Waals surface area contributed by atoms with Crippen molar-refractivity contribution < 1.29 is 19.8 Å². The normalized spacial score (nSPS) is 14.6. The van der Waals surface area contributed by atoms with Crippen molar-refractivity contribution in [2.24, 2.45) is 5.92 Å². The summed E-state index contributed by atoms with van der Waals surface area (Å²) in [6.45, 7) is 1.15. The summed E-state index contributed by atoms with van der Waals surface area (Å²) in [6.07, 6.45) is -1.33. The SMILES string of the molecule is CC(O)C(C(=O)O)C(=O)C#N. The second kappa shape index (κ2) is 3.68. The minimum absolute atomic E-state index is 1.13. The molecule has 0 aliphatic carbocycles. The highest BCUT2D eigenvalue weighted by atomic mass is 16.4. The lowest BCUT2D eigenvalue weighted by Crippen LogP contribution is -2.32. The van der Waals surface area contributed by atoms with Gasteiger partial charge in [-0.05, 0) is 6.92 Å². The van der Waals surface area contributed by atoms with E-state index in [0.717, 1.165) is 13.0 Å². The van der Waals surface area contributed by atoms with Crippen molar-refractivity contribution in [3.63, 3.8) is 0 Å². The molecular formula is C6H7NO4. The van der Waals surface area contributed by atoms with Crippen molar-refractivity contribution in [1.29, 1.82) is 5.26 Å². The maximum Gasteiger partial charge on any atom is 0.317 e. The second-order valence-corrected chi connectivity index (χ2v) is 2.03. The lowest BCUT2D eigenvalue weighted by atomic mass is 10.00. The van der Waals surface area contributed by atoms with Crippen LogP contribution in [0, 0.1) is 17.2 Å². The van der Waals surface area contributed by atoms with Crippen LogP contribution in [0.5, 0.6) is 0 Å². The smallest absolute Gasteiger partial charge is 0.317 e. The quantitative estimate of drug-likeness (QED) is 0.411. The number of hydrogen-bond donors (Lipinski definition) is 2. The molecule has 0 aromatic carbocycles. The monoisotopic (exact) mass is 157 g/mol. The van der Waals surface area contributed by atoms with E-state index in [2.05, 4.69) is 0 Å². The molecular weight excluding hydrogens is 150 g/mol. The van der Waals surface area contributed by atoms with Gasteiger partial charge in [0.1, 0.15) is 6.07 Å². The van der Waals surface area contributed by atoms with Gasteiger partial charge in [-0.15, -0.1) is 0 Å². The number of nitrogens with zero attached hydrogens (tertiary/aromatic N) is 1. The fourth-order valence-electron chi connectivity index (χ4n) is 0.607. The lowest BCUT2D eigenvalue weighted by Gasteiger charge is -2.08. The maximum atomic E-state index is 10.5. The van der Waals surface area contributed by atoms with E-state index >= 15 is 0 Å². The first-order valence-corrected chi connectivity index (χ1v) is 2.85. The molecule has 0 aromatic rings. The highest BCUT2D eigenvalue weighted by Crippen LogP contribution is 2.04. The summed E-state index contributed by atoms with van der Waals surface area (Å²) in [4.78, 5) is 20.7. The summed E-state index contributed by atoms with van der Waals surface area (Å²) in [5.74, 6) is -4.24. The Morgan fingerprint density at radius 1 is 1.55 bits per heavy atom. The molecule has 0 fully saturated rings. The number of Topliss-reactive ketones (excluding diaryl/α,β-unsaturated/α-hetero) is 1. The molecule has 60 valence electrons. The van der Waals surface area contributed by atoms with Crippen LogP contribution >= 0.6 is 0 Å². The Kier molecular flexibility index (Phi) is 3.21. The van der Waals surface area contributed by atoms with E-state index in [1.165, 1.54) is 0 Å². The molecule has 0 bridgehead atoms. The summed E-state index contributed by atoms with van der Waals surface area (Å²) >= 11 is 0. The molecule has 0 aliphatic rings. The van der Waals surface area contributed by atoms with Crippen LogP contribution in [0.15, 0.2) is 0 Å². The van der Waals surface area contributed by atoms with Crippen molar-refractivity contribution >= 4 is 11.8 Å². The van der Waals surface area contributed by atoms with Crippen LogP contribution in [0.3, 0.4) is 0 Å². The number of aliphatic hydroxyl groups is 1. The van der Waals surface area contributed by atoms with E-state index < -0.39 is 23.8 Å². The van der Waals surface area contributed by atoms with Crippen LogP contribution in [0.4, 0.5) is 0 Å². The number of ketones is 1. The predicted octanol–water partition coefficient (Wildman–Crippen LogP) is -0.839. The van der Waals surface area contributed by atoms with Gasteiger partial charge in [-0.2, -0.15) is 5.26 Å². The van der Waals surface area contributed by atoms with Crippen LogP contribution < -0.4 is 0 Å². The zero-order valence-corrected chi connectivity index (χ0v) is 5.81. The van der Waals surface area contributed by atoms with Crippen molar-refractivity contribution in [1.82, 2.24) is 0 Å². The Bertz CT molecular complexity index is 215. The lowest BCUT2D eigenvalue weighted by molar-refractivity contribution is -0.148. The first kappa shape index (κ1) is 9.59. The van der Waals surface area contributed by atoms with Crippen LogP contribution in [-0.4, -0.2) is 28.1 Å². The zero-order valence-electron chi connectivity index (χ0n) is 5.81. The molecule has 0 aliphatic heterocycles. The highest BCUT2D eigenvalue weighted by molar-refractivity contribution is 6.07. The van der Waals surface area contributed by atoms with E-state index in [-0.39, 0.29) is 0 Å². The Labute approximate surface area is 62.9 Å². The van der Waals surface area contributed by atoms with Crippen LogP contribution in [-0.2, 0) is 9.59 Å². The third-order valence-corrected chi connectivity index (χ3v) is 1.14. The summed E-state index contributed by atoms with van der Waals surface area (Å²) < 4.78 is 0. The summed E-state index contributed by atoms with van der Waals surface area (Å²) in [5.41, 5.74) is 0. The molecule has 5 heteroatoms. The van der Waals surface area contributed by atoms with Gasteiger partial charge in [-0.1, -0.05) is 0 Å². The van der Waals surface area contributed by atoms with Gasteiger partial charge in [0, 0.05) is 0 Å². The molecule has 0 rings (SSSR count). The molecule has 0 amide bonds.